The Hall–Kier alpha value is -2.35. The van der Waals surface area contributed by atoms with Crippen molar-refractivity contribution in [3.05, 3.63) is 12.7 Å². The first-order valence-corrected chi connectivity index (χ1v) is 28.1. The van der Waals surface area contributed by atoms with Crippen molar-refractivity contribution in [3.8, 4) is 0 Å². The number of ether oxygens (including phenoxy) is 15. The third-order valence-electron chi connectivity index (χ3n) is 16.0. The molecule has 20 N–H and O–H groups in total. The number of aliphatic hydroxyl groups is 20. The van der Waals surface area contributed by atoms with Crippen LogP contribution in [0, 0.1) is 0 Å². The highest BCUT2D eigenvalue weighted by Crippen LogP contribution is 2.39. The van der Waals surface area contributed by atoms with Crippen molar-refractivity contribution < 1.29 is 178 Å². The van der Waals surface area contributed by atoms with Crippen LogP contribution >= 0.6 is 0 Å². The molecule has 0 aromatic heterocycles. The number of carbonyl (C=O) groups is 1. The average Bonchev–Trinajstić information content (AvgIpc) is 1.94. The maximum Gasteiger partial charge on any atom is 0.410 e. The maximum atomic E-state index is 13.6. The fraction of sp³-hybridized carbons (Fsp3) is 0.940. The number of rotatable bonds is 10. The molecule has 504 valence electrons. The fourth-order valence-corrected chi connectivity index (χ4v) is 11.3. The second kappa shape index (κ2) is 29.7. The van der Waals surface area contributed by atoms with Crippen molar-refractivity contribution in [1.82, 2.24) is 4.90 Å². The van der Waals surface area contributed by atoms with E-state index in [1.54, 1.807) is 20.8 Å². The highest BCUT2D eigenvalue weighted by Gasteiger charge is 2.60. The minimum atomic E-state index is -2.28. The number of amides is 1. The largest absolute Gasteiger partial charge is 0.444 e. The molecule has 0 saturated carbocycles. The van der Waals surface area contributed by atoms with Gasteiger partial charge in [-0.3, -0.25) is 0 Å². The summed E-state index contributed by atoms with van der Waals surface area (Å²) in [6, 6.07) is 0. The first-order chi connectivity index (χ1) is 41.1. The number of hydrogen-bond donors (Lipinski definition) is 20. The highest BCUT2D eigenvalue weighted by atomic mass is 16.8. The van der Waals surface area contributed by atoms with E-state index in [0.717, 1.165) is 4.90 Å². The van der Waals surface area contributed by atoms with Crippen LogP contribution in [0.25, 0.3) is 0 Å². The number of carbonyl (C=O) groups excluding carboxylic acids is 1. The molecule has 0 radical (unpaired) electrons. The molecule has 0 aliphatic carbocycles. The zero-order chi connectivity index (χ0) is 63.8. The minimum Gasteiger partial charge on any atom is -0.444 e. The molecule has 1 unspecified atom stereocenters. The molecule has 87 heavy (non-hydrogen) atoms. The Morgan fingerprint density at radius 3 is 0.701 bits per heavy atom. The van der Waals surface area contributed by atoms with Crippen molar-refractivity contribution in [3.63, 3.8) is 0 Å². The summed E-state index contributed by atoms with van der Waals surface area (Å²) in [5.74, 6) is 0. The van der Waals surface area contributed by atoms with Crippen LogP contribution in [0.2, 0.25) is 0 Å². The van der Waals surface area contributed by atoms with Gasteiger partial charge in [0, 0.05) is 6.54 Å². The van der Waals surface area contributed by atoms with Gasteiger partial charge in [0.2, 0.25) is 0 Å². The van der Waals surface area contributed by atoms with Crippen molar-refractivity contribution in [2.24, 2.45) is 0 Å². The fourth-order valence-electron chi connectivity index (χ4n) is 11.3. The molecule has 21 heterocycles. The van der Waals surface area contributed by atoms with Gasteiger partial charge in [-0.15, -0.1) is 6.58 Å². The van der Waals surface area contributed by atoms with E-state index in [9.17, 15) is 107 Å². The van der Waals surface area contributed by atoms with Gasteiger partial charge in [0.25, 0.3) is 0 Å². The molecule has 0 aromatic rings. The van der Waals surface area contributed by atoms with Crippen LogP contribution in [0.4, 0.5) is 4.79 Å². The van der Waals surface area contributed by atoms with E-state index in [1.165, 1.54) is 6.08 Å². The third-order valence-corrected chi connectivity index (χ3v) is 16.0. The second-order valence-electron chi connectivity index (χ2n) is 23.1. The molecule has 21 saturated heterocycles. The van der Waals surface area contributed by atoms with Crippen LogP contribution in [0.5, 0.6) is 0 Å². The summed E-state index contributed by atoms with van der Waals surface area (Å²) in [5.41, 5.74) is -1.10. The molecular formula is C50H83NO36. The molecule has 0 aromatic carbocycles. The lowest BCUT2D eigenvalue weighted by Gasteiger charge is -2.50. The molecule has 21 aliphatic rings. The van der Waals surface area contributed by atoms with Crippen LogP contribution in [0.1, 0.15) is 20.8 Å². The van der Waals surface area contributed by atoms with Crippen molar-refractivity contribution >= 4 is 6.09 Å². The lowest BCUT2D eigenvalue weighted by atomic mass is 9.95. The Balaban J connectivity index is 1.12. The molecule has 21 fully saturated rings. The Kier molecular flexibility index (Phi) is 24.1. The summed E-state index contributed by atoms with van der Waals surface area (Å²) in [5, 5.41) is 224. The van der Waals surface area contributed by atoms with Crippen LogP contribution < -0.4 is 0 Å². The van der Waals surface area contributed by atoms with Gasteiger partial charge >= 0.3 is 6.09 Å². The van der Waals surface area contributed by atoms with E-state index in [2.05, 4.69) is 6.58 Å². The zero-order valence-corrected chi connectivity index (χ0v) is 47.1. The van der Waals surface area contributed by atoms with Crippen LogP contribution in [0.3, 0.4) is 0 Å². The third kappa shape index (κ3) is 14.9. The molecule has 37 heteroatoms. The standard InChI is InChI=1S/C50H83NO36/c1-5-6-51(49(72)87-50(2,3)4)7-14-35-21(58)28(65)42(73-14)81-36-15(8-52)75-44(30(67)23(36)60)83-38-17(10-54)77-46(32(69)25(38)62)85-40-19(12-56)79-48(34(71)27(40)64)86-41-20(13-57)78-47(33(70)26(41)63)84-39-18(11-55)76-45(31(68)24(39)61)82-37-16(9-53)74-43(80-35)29(66)22(37)59/h5,14-48,52-71H,1,6-13H2,2-4H3/t14-,15-,16-,17-,18-,19-,20-,21-,22-,23-,24-,25-,26-,27-,28-,29?,30-,31-,32-,33-,34-,35-,36-,37-,38-,39-,40-,41-,42-,43-,44-,45-,46-,47-,48-/m1/s1. The number of nitrogens with zero attached hydrogens (tertiary/aromatic N) is 1. The van der Waals surface area contributed by atoms with E-state index < -0.39 is 273 Å². The van der Waals surface area contributed by atoms with E-state index in [-0.39, 0.29) is 6.54 Å². The van der Waals surface area contributed by atoms with Gasteiger partial charge in [-0.25, -0.2) is 4.79 Å². The highest BCUT2D eigenvalue weighted by molar-refractivity contribution is 5.68. The van der Waals surface area contributed by atoms with Crippen molar-refractivity contribution in [2.75, 3.05) is 52.7 Å². The van der Waals surface area contributed by atoms with Gasteiger partial charge in [-0.2, -0.15) is 0 Å². The lowest BCUT2D eigenvalue weighted by Crippen LogP contribution is -2.68. The summed E-state index contributed by atoms with van der Waals surface area (Å²) in [7, 11) is 0. The van der Waals surface area contributed by atoms with Crippen LogP contribution in [-0.2, 0) is 71.1 Å². The predicted octanol–water partition coefficient (Wildman–Crippen LogP) is -12.8. The summed E-state index contributed by atoms with van der Waals surface area (Å²) < 4.78 is 86.8. The summed E-state index contributed by atoms with van der Waals surface area (Å²) in [6.07, 6.45) is -71.3. The predicted molar refractivity (Wildman–Crippen MR) is 269 cm³/mol. The first-order valence-electron chi connectivity index (χ1n) is 28.1. The Labute approximate surface area is 494 Å². The van der Waals surface area contributed by atoms with E-state index in [1.807, 2.05) is 0 Å². The lowest BCUT2D eigenvalue weighted by molar-refractivity contribution is -0.396. The number of aliphatic hydroxyl groups excluding tert-OH is 20. The molecule has 21 aliphatic heterocycles. The Morgan fingerprint density at radius 1 is 0.345 bits per heavy atom. The van der Waals surface area contributed by atoms with Gasteiger partial charge in [0.15, 0.2) is 44.0 Å². The molecule has 1 amide bonds. The maximum absolute atomic E-state index is 13.6. The van der Waals surface area contributed by atoms with Gasteiger partial charge in [-0.05, 0) is 20.8 Å². The molecule has 37 nitrogen and oxygen atoms in total. The minimum absolute atomic E-state index is 0.281. The normalized spacial score (nSPS) is 50.4. The quantitative estimate of drug-likeness (QED) is 0.0903. The summed E-state index contributed by atoms with van der Waals surface area (Å²) in [4.78, 5) is 14.6. The van der Waals surface area contributed by atoms with Gasteiger partial charge in [0.05, 0.1) is 46.2 Å². The van der Waals surface area contributed by atoms with Crippen LogP contribution in [0.15, 0.2) is 12.7 Å². The average molecular weight is 1270 g/mol. The second-order valence-corrected chi connectivity index (χ2v) is 23.1. The summed E-state index contributed by atoms with van der Waals surface area (Å²) >= 11 is 0. The Morgan fingerprint density at radius 2 is 0.529 bits per heavy atom. The topological polar surface area (TPSA) is 563 Å². The van der Waals surface area contributed by atoms with Gasteiger partial charge in [-0.1, -0.05) is 6.08 Å². The van der Waals surface area contributed by atoms with Gasteiger partial charge in [0.1, 0.15) is 177 Å². The molecule has 0 spiro atoms. The monoisotopic (exact) mass is 1270 g/mol. The van der Waals surface area contributed by atoms with Crippen LogP contribution in [-0.4, -0.2) is 386 Å². The molecule has 21 rings (SSSR count). The number of hydrogen-bond acceptors (Lipinski definition) is 36. The smallest absolute Gasteiger partial charge is 0.410 e. The van der Waals surface area contributed by atoms with Gasteiger partial charge < -0.3 is 178 Å². The van der Waals surface area contributed by atoms with Crippen molar-refractivity contribution in [1.29, 1.82) is 0 Å². The SMILES string of the molecule is C=CCN(C[C@H]1O[C@@H]2O[C@H]3[C@H](O)[C@@H](O)[C@@H](O[C@H]4[C@H](O)[C@@H](O)[C@@H](O[C@H]5[C@H](O)[C@@H](O)[C@@H](O[C@H]6[C@H](O)[C@@H](O)[C@@H](O[C@H]7[C@H](O)[C@@H](O)[C@@H](O[C@H]8[C@H](O)C(O)[C@@H](O[C@H]1[C@H](O)[C@H]2O)O[C@@H]8CO)O[C@@H]7CO)O[C@@H]6CO)O[C@@H]5CO)O[C@@H]4CO)O[C@@H]3CO)C(=O)OC(C)(C)C. The van der Waals surface area contributed by atoms with E-state index in [0.29, 0.717) is 0 Å². The first kappa shape index (κ1) is 70.5. The summed E-state index contributed by atoms with van der Waals surface area (Å²) in [6.45, 7) is 0.952. The van der Waals surface area contributed by atoms with E-state index >= 15 is 0 Å². The molecule has 14 bridgehead atoms. The molecule has 35 atom stereocenters. The van der Waals surface area contributed by atoms with Crippen molar-refractivity contribution in [2.45, 2.75) is 241 Å². The van der Waals surface area contributed by atoms with E-state index in [4.69, 9.17) is 71.1 Å². The zero-order valence-electron chi connectivity index (χ0n) is 47.1. The Bertz CT molecular complexity index is 2160. The molecular weight excluding hydrogens is 1190 g/mol.